The number of carbonyl (C=O) groups is 1. The first kappa shape index (κ1) is 22.8. The van der Waals surface area contributed by atoms with Crippen LogP contribution in [-0.4, -0.2) is 59.6 Å². The fourth-order valence-electron chi connectivity index (χ4n) is 4.59. The largest absolute Gasteiger partial charge is 0.489 e. The number of hydrogen-bond acceptors (Lipinski definition) is 5. The van der Waals surface area contributed by atoms with Gasteiger partial charge in [0.2, 0.25) is 0 Å². The minimum Gasteiger partial charge on any atom is -0.489 e. The molecule has 1 aliphatic carbocycles. The molecule has 0 spiro atoms. The van der Waals surface area contributed by atoms with Crippen LogP contribution in [0.15, 0.2) is 36.5 Å². The summed E-state index contributed by atoms with van der Waals surface area (Å²) in [5, 5.41) is 2.90. The highest BCUT2D eigenvalue weighted by Gasteiger charge is 2.22. The smallest absolute Gasteiger partial charge is 0.270 e. The second kappa shape index (κ2) is 10.1. The van der Waals surface area contributed by atoms with E-state index < -0.39 is 5.82 Å². The van der Waals surface area contributed by atoms with Crippen molar-refractivity contribution in [2.24, 2.45) is 0 Å². The number of ether oxygens (including phenoxy) is 2. The number of amides is 1. The van der Waals surface area contributed by atoms with Crippen molar-refractivity contribution >= 4 is 11.6 Å². The van der Waals surface area contributed by atoms with Crippen LogP contribution in [0.1, 0.15) is 52.5 Å². The van der Waals surface area contributed by atoms with E-state index in [4.69, 9.17) is 9.47 Å². The first-order valence-corrected chi connectivity index (χ1v) is 12.1. The fourth-order valence-corrected chi connectivity index (χ4v) is 4.59. The zero-order chi connectivity index (χ0) is 23.5. The number of morpholine rings is 1. The average Bonchev–Trinajstić information content (AvgIpc) is 3.13. The third-order valence-corrected chi connectivity index (χ3v) is 6.83. The lowest BCUT2D eigenvalue weighted by Gasteiger charge is -2.26. The van der Waals surface area contributed by atoms with E-state index in [1.807, 2.05) is 17.5 Å². The third-order valence-electron chi connectivity index (χ3n) is 6.83. The number of rotatable bonds is 8. The quantitative estimate of drug-likeness (QED) is 0.549. The molecule has 8 heteroatoms. The van der Waals surface area contributed by atoms with E-state index in [0.717, 1.165) is 38.5 Å². The number of aromatic nitrogens is 2. The molecule has 2 aliphatic rings. The van der Waals surface area contributed by atoms with Gasteiger partial charge in [0.1, 0.15) is 17.9 Å². The Kier molecular flexibility index (Phi) is 6.78. The Balaban J connectivity index is 1.18. The first-order chi connectivity index (χ1) is 16.6. The van der Waals surface area contributed by atoms with E-state index in [0.29, 0.717) is 29.5 Å². The Hall–Kier alpha value is -2.97. The number of hydrogen-bond donors (Lipinski definition) is 1. The van der Waals surface area contributed by atoms with Gasteiger partial charge in [0.05, 0.1) is 18.9 Å². The lowest BCUT2D eigenvalue weighted by Crippen LogP contribution is -2.38. The molecule has 0 atom stereocenters. The molecule has 34 heavy (non-hydrogen) atoms. The van der Waals surface area contributed by atoms with Gasteiger partial charge in [-0.2, -0.15) is 0 Å². The highest BCUT2D eigenvalue weighted by Crippen LogP contribution is 2.36. The van der Waals surface area contributed by atoms with Crippen LogP contribution >= 0.6 is 0 Å². The Morgan fingerprint density at radius 2 is 2.06 bits per heavy atom. The van der Waals surface area contributed by atoms with E-state index in [-0.39, 0.29) is 18.2 Å². The molecule has 0 unspecified atom stereocenters. The summed E-state index contributed by atoms with van der Waals surface area (Å²) in [5.74, 6) is 0.180. The molecule has 3 aromatic rings. The molecule has 1 amide bonds. The zero-order valence-electron chi connectivity index (χ0n) is 19.6. The van der Waals surface area contributed by atoms with E-state index in [1.165, 1.54) is 30.9 Å². The van der Waals surface area contributed by atoms with E-state index in [9.17, 15) is 9.18 Å². The molecule has 7 nitrogen and oxygen atoms in total. The van der Waals surface area contributed by atoms with Crippen molar-refractivity contribution in [3.05, 3.63) is 64.9 Å². The van der Waals surface area contributed by atoms with Crippen molar-refractivity contribution in [1.82, 2.24) is 19.6 Å². The Morgan fingerprint density at radius 1 is 1.24 bits per heavy atom. The number of carbonyl (C=O) groups excluding carboxylic acids is 1. The van der Waals surface area contributed by atoms with Crippen LogP contribution in [-0.2, 0) is 11.3 Å². The van der Waals surface area contributed by atoms with Gasteiger partial charge in [-0.05, 0) is 61.1 Å². The number of nitrogens with one attached hydrogen (secondary N) is 1. The van der Waals surface area contributed by atoms with Crippen molar-refractivity contribution in [1.29, 1.82) is 0 Å². The van der Waals surface area contributed by atoms with Gasteiger partial charge in [-0.3, -0.25) is 14.1 Å². The molecule has 0 bridgehead atoms. The highest BCUT2D eigenvalue weighted by atomic mass is 19.1. The number of pyridine rings is 1. The molecule has 1 N–H and O–H groups in total. The van der Waals surface area contributed by atoms with Gasteiger partial charge >= 0.3 is 0 Å². The van der Waals surface area contributed by atoms with Crippen LogP contribution in [0.25, 0.3) is 5.65 Å². The summed E-state index contributed by atoms with van der Waals surface area (Å²) in [6.07, 6.45) is 5.65. The lowest BCUT2D eigenvalue weighted by atomic mass is 9.80. The van der Waals surface area contributed by atoms with E-state index in [1.54, 1.807) is 12.1 Å². The van der Waals surface area contributed by atoms with E-state index >= 15 is 0 Å². The monoisotopic (exact) mass is 466 g/mol. The van der Waals surface area contributed by atoms with Crippen molar-refractivity contribution in [2.75, 3.05) is 39.5 Å². The van der Waals surface area contributed by atoms with Gasteiger partial charge in [-0.25, -0.2) is 9.37 Å². The summed E-state index contributed by atoms with van der Waals surface area (Å²) in [6, 6.07) is 8.98. The predicted molar refractivity (Wildman–Crippen MR) is 127 cm³/mol. The van der Waals surface area contributed by atoms with Crippen LogP contribution in [0.4, 0.5) is 4.39 Å². The zero-order valence-corrected chi connectivity index (χ0v) is 19.6. The average molecular weight is 467 g/mol. The summed E-state index contributed by atoms with van der Waals surface area (Å²) in [5.41, 5.74) is 3.94. The Labute approximate surface area is 198 Å². The molecule has 2 fully saturated rings. The summed E-state index contributed by atoms with van der Waals surface area (Å²) in [7, 11) is 0. The summed E-state index contributed by atoms with van der Waals surface area (Å²) in [6.45, 7) is 6.42. The summed E-state index contributed by atoms with van der Waals surface area (Å²) in [4.78, 5) is 19.8. The standard InChI is InChI=1S/C26H31FN4O3/c1-18-25(31-8-7-21(16-24(31)29-18)20-3-2-4-20)26(32)28-17-19-5-6-23(22(27)15-19)34-14-11-30-9-12-33-13-10-30/h5-8,15-16,20H,2-4,9-14,17H2,1H3,(H,28,32). The molecule has 0 radical (unpaired) electrons. The second-order valence-electron chi connectivity index (χ2n) is 9.11. The molecule has 3 heterocycles. The minimum atomic E-state index is -0.428. The topological polar surface area (TPSA) is 68.1 Å². The van der Waals surface area contributed by atoms with Gasteiger partial charge in [-0.1, -0.05) is 12.5 Å². The molecule has 1 aliphatic heterocycles. The van der Waals surface area contributed by atoms with Crippen LogP contribution < -0.4 is 10.1 Å². The number of benzene rings is 1. The molecular weight excluding hydrogens is 435 g/mol. The summed E-state index contributed by atoms with van der Waals surface area (Å²) < 4.78 is 27.3. The number of halogens is 1. The fraction of sp³-hybridized carbons (Fsp3) is 0.462. The number of nitrogens with zero attached hydrogens (tertiary/aromatic N) is 3. The van der Waals surface area contributed by atoms with Crippen LogP contribution in [0.5, 0.6) is 5.75 Å². The lowest BCUT2D eigenvalue weighted by molar-refractivity contribution is 0.0320. The van der Waals surface area contributed by atoms with Crippen molar-refractivity contribution < 1.29 is 18.7 Å². The molecule has 180 valence electrons. The van der Waals surface area contributed by atoms with Crippen LogP contribution in [0.2, 0.25) is 0 Å². The van der Waals surface area contributed by atoms with E-state index in [2.05, 4.69) is 27.3 Å². The molecule has 2 aromatic heterocycles. The molecule has 1 saturated carbocycles. The number of imidazole rings is 1. The molecule has 1 aromatic carbocycles. The van der Waals surface area contributed by atoms with Gasteiger partial charge in [-0.15, -0.1) is 0 Å². The van der Waals surface area contributed by atoms with Crippen molar-refractivity contribution in [3.63, 3.8) is 0 Å². The van der Waals surface area contributed by atoms with Gasteiger partial charge < -0.3 is 14.8 Å². The number of fused-ring (bicyclic) bond motifs is 1. The van der Waals surface area contributed by atoms with Crippen molar-refractivity contribution in [3.8, 4) is 5.75 Å². The minimum absolute atomic E-state index is 0.219. The number of aryl methyl sites for hydroxylation is 1. The van der Waals surface area contributed by atoms with Gasteiger partial charge in [0.15, 0.2) is 11.6 Å². The van der Waals surface area contributed by atoms with Crippen molar-refractivity contribution in [2.45, 2.75) is 38.6 Å². The highest BCUT2D eigenvalue weighted by molar-refractivity contribution is 5.94. The van der Waals surface area contributed by atoms with Gasteiger partial charge in [0.25, 0.3) is 5.91 Å². The maximum Gasteiger partial charge on any atom is 0.270 e. The summed E-state index contributed by atoms with van der Waals surface area (Å²) >= 11 is 0. The SMILES string of the molecule is Cc1nc2cc(C3CCC3)ccn2c1C(=O)NCc1ccc(OCCN2CCOCC2)c(F)c1. The normalized spacial score (nSPS) is 17.0. The van der Waals surface area contributed by atoms with Crippen LogP contribution in [0, 0.1) is 12.7 Å². The maximum atomic E-state index is 14.5. The first-order valence-electron chi connectivity index (χ1n) is 12.1. The maximum absolute atomic E-state index is 14.5. The van der Waals surface area contributed by atoms with Gasteiger partial charge in [0, 0.05) is 32.4 Å². The second-order valence-corrected chi connectivity index (χ2v) is 9.11. The third kappa shape index (κ3) is 4.93. The molecular formula is C26H31FN4O3. The molecule has 1 saturated heterocycles. The van der Waals surface area contributed by atoms with Crippen LogP contribution in [0.3, 0.4) is 0 Å². The molecule has 5 rings (SSSR count). The predicted octanol–water partition coefficient (Wildman–Crippen LogP) is 3.69. The Morgan fingerprint density at radius 3 is 2.79 bits per heavy atom. The Bertz CT molecular complexity index is 1170.